The molecule has 24 heavy (non-hydrogen) atoms. The molecule has 1 aromatic carbocycles. The van der Waals surface area contributed by atoms with E-state index >= 15 is 0 Å². The second-order valence-corrected chi connectivity index (χ2v) is 7.13. The Bertz CT molecular complexity index is 696. The zero-order valence-corrected chi connectivity index (χ0v) is 13.5. The number of para-hydroxylation sites is 2. The fraction of sp³-hybridized carbons (Fsp3) is 0.529. The van der Waals surface area contributed by atoms with Crippen LogP contribution in [0, 0.1) is 0 Å². The highest BCUT2D eigenvalue weighted by Crippen LogP contribution is 2.40. The van der Waals surface area contributed by atoms with Crippen molar-refractivity contribution in [3.8, 4) is 5.75 Å². The molecule has 1 spiro atoms. The standard InChI is InChI=1S/C17H20N2O5/c1-16(22)8-17(24-11-16)9-18(10-17)14(20)6-19-12-4-2-3-5-13(12)23-7-15(19)21/h2-5,22H,6-11H2,1H3. The molecule has 1 aromatic rings. The quantitative estimate of drug-likeness (QED) is 0.835. The van der Waals surface area contributed by atoms with Crippen molar-refractivity contribution in [2.45, 2.75) is 24.5 Å². The number of ether oxygens (including phenoxy) is 2. The van der Waals surface area contributed by atoms with Crippen molar-refractivity contribution in [3.63, 3.8) is 0 Å². The van der Waals surface area contributed by atoms with Crippen molar-refractivity contribution in [1.29, 1.82) is 0 Å². The van der Waals surface area contributed by atoms with Gasteiger partial charge in [0, 0.05) is 6.42 Å². The summed E-state index contributed by atoms with van der Waals surface area (Å²) in [6, 6.07) is 7.20. The number of likely N-dealkylation sites (tertiary alicyclic amines) is 1. The zero-order chi connectivity index (χ0) is 16.9. The van der Waals surface area contributed by atoms with Crippen LogP contribution < -0.4 is 9.64 Å². The van der Waals surface area contributed by atoms with Crippen LogP contribution in [0.5, 0.6) is 5.75 Å². The average Bonchev–Trinajstić information content (AvgIpc) is 2.85. The Morgan fingerprint density at radius 3 is 2.79 bits per heavy atom. The number of hydrogen-bond acceptors (Lipinski definition) is 5. The maximum atomic E-state index is 12.5. The van der Waals surface area contributed by atoms with Gasteiger partial charge >= 0.3 is 0 Å². The molecule has 3 aliphatic rings. The molecule has 0 saturated carbocycles. The molecule has 2 saturated heterocycles. The topological polar surface area (TPSA) is 79.3 Å². The zero-order valence-electron chi connectivity index (χ0n) is 13.5. The monoisotopic (exact) mass is 332 g/mol. The summed E-state index contributed by atoms with van der Waals surface area (Å²) in [5.41, 5.74) is -0.627. The number of amides is 2. The SMILES string of the molecule is CC1(O)COC2(CN(C(=O)CN3C(=O)COc4ccccc43)C2)C1. The lowest BCUT2D eigenvalue weighted by Gasteiger charge is -2.47. The molecule has 0 radical (unpaired) electrons. The molecule has 3 aliphatic heterocycles. The predicted octanol–water partition coefficient (Wildman–Crippen LogP) is 0.164. The van der Waals surface area contributed by atoms with Crippen LogP contribution >= 0.6 is 0 Å². The van der Waals surface area contributed by atoms with Crippen molar-refractivity contribution in [1.82, 2.24) is 4.90 Å². The van der Waals surface area contributed by atoms with Crippen molar-refractivity contribution >= 4 is 17.5 Å². The second kappa shape index (κ2) is 5.19. The highest BCUT2D eigenvalue weighted by molar-refractivity contribution is 6.02. The number of fused-ring (bicyclic) bond motifs is 1. The van der Waals surface area contributed by atoms with Crippen LogP contribution in [0.1, 0.15) is 13.3 Å². The van der Waals surface area contributed by atoms with E-state index in [1.807, 2.05) is 12.1 Å². The summed E-state index contributed by atoms with van der Waals surface area (Å²) >= 11 is 0. The molecule has 2 fully saturated rings. The first kappa shape index (κ1) is 15.4. The van der Waals surface area contributed by atoms with Gasteiger partial charge in [0.2, 0.25) is 5.91 Å². The van der Waals surface area contributed by atoms with Crippen molar-refractivity contribution in [2.75, 3.05) is 37.7 Å². The van der Waals surface area contributed by atoms with E-state index < -0.39 is 11.2 Å². The van der Waals surface area contributed by atoms with E-state index in [0.29, 0.717) is 37.6 Å². The number of nitrogens with zero attached hydrogens (tertiary/aromatic N) is 2. The van der Waals surface area contributed by atoms with Crippen molar-refractivity contribution < 1.29 is 24.2 Å². The summed E-state index contributed by atoms with van der Waals surface area (Å²) in [4.78, 5) is 27.8. The van der Waals surface area contributed by atoms with Gasteiger partial charge in [-0.25, -0.2) is 0 Å². The van der Waals surface area contributed by atoms with Gasteiger partial charge in [-0.15, -0.1) is 0 Å². The number of anilines is 1. The molecular formula is C17H20N2O5. The molecule has 4 rings (SSSR count). The van der Waals surface area contributed by atoms with Gasteiger partial charge in [0.1, 0.15) is 17.9 Å². The van der Waals surface area contributed by atoms with E-state index in [4.69, 9.17) is 9.47 Å². The number of benzene rings is 1. The van der Waals surface area contributed by atoms with Crippen LogP contribution in [0.25, 0.3) is 0 Å². The van der Waals surface area contributed by atoms with Crippen molar-refractivity contribution in [2.24, 2.45) is 0 Å². The van der Waals surface area contributed by atoms with E-state index in [1.165, 1.54) is 4.90 Å². The van der Waals surface area contributed by atoms with E-state index in [0.717, 1.165) is 0 Å². The lowest BCUT2D eigenvalue weighted by atomic mass is 9.85. The van der Waals surface area contributed by atoms with E-state index in [-0.39, 0.29) is 25.0 Å². The fourth-order valence-electron chi connectivity index (χ4n) is 3.70. The Morgan fingerprint density at radius 1 is 1.33 bits per heavy atom. The summed E-state index contributed by atoms with van der Waals surface area (Å²) in [5, 5.41) is 10.0. The van der Waals surface area contributed by atoms with Gasteiger partial charge < -0.3 is 19.5 Å². The Hall–Kier alpha value is -2.12. The summed E-state index contributed by atoms with van der Waals surface area (Å²) in [6.07, 6.45) is 0.531. The molecule has 0 aliphatic carbocycles. The molecule has 1 atom stereocenters. The van der Waals surface area contributed by atoms with Gasteiger partial charge in [-0.1, -0.05) is 12.1 Å². The summed E-state index contributed by atoms with van der Waals surface area (Å²) in [5.74, 6) is 0.262. The number of aliphatic hydroxyl groups is 1. The molecule has 128 valence electrons. The maximum Gasteiger partial charge on any atom is 0.265 e. The van der Waals surface area contributed by atoms with Crippen LogP contribution in [-0.4, -0.2) is 65.9 Å². The first-order chi connectivity index (χ1) is 11.4. The minimum atomic E-state index is -0.825. The van der Waals surface area contributed by atoms with Crippen LogP contribution in [0.4, 0.5) is 5.69 Å². The predicted molar refractivity (Wildman–Crippen MR) is 84.8 cm³/mol. The Kier molecular flexibility index (Phi) is 3.33. The molecular weight excluding hydrogens is 312 g/mol. The Balaban J connectivity index is 1.42. The van der Waals surface area contributed by atoms with Gasteiger partial charge in [-0.2, -0.15) is 0 Å². The smallest absolute Gasteiger partial charge is 0.265 e. The highest BCUT2D eigenvalue weighted by atomic mass is 16.5. The van der Waals surface area contributed by atoms with Crippen LogP contribution in [-0.2, 0) is 14.3 Å². The molecule has 3 heterocycles. The average molecular weight is 332 g/mol. The second-order valence-electron chi connectivity index (χ2n) is 7.13. The van der Waals surface area contributed by atoms with E-state index in [1.54, 1.807) is 24.0 Å². The first-order valence-corrected chi connectivity index (χ1v) is 8.04. The number of hydrogen-bond donors (Lipinski definition) is 1. The van der Waals surface area contributed by atoms with Gasteiger partial charge in [0.05, 0.1) is 31.0 Å². The largest absolute Gasteiger partial charge is 0.482 e. The minimum absolute atomic E-state index is 0.00825. The van der Waals surface area contributed by atoms with Crippen molar-refractivity contribution in [3.05, 3.63) is 24.3 Å². The van der Waals surface area contributed by atoms with Crippen LogP contribution in [0.3, 0.4) is 0 Å². The lowest BCUT2D eigenvalue weighted by Crippen LogP contribution is -2.65. The molecule has 1 N–H and O–H groups in total. The molecule has 7 heteroatoms. The number of carbonyl (C=O) groups is 2. The molecule has 2 amide bonds. The van der Waals surface area contributed by atoms with Gasteiger partial charge in [0.15, 0.2) is 6.61 Å². The third-order valence-electron chi connectivity index (χ3n) is 4.80. The molecule has 7 nitrogen and oxygen atoms in total. The highest BCUT2D eigenvalue weighted by Gasteiger charge is 2.54. The Labute approximate surface area is 139 Å². The number of carbonyl (C=O) groups excluding carboxylic acids is 2. The third kappa shape index (κ3) is 2.53. The van der Waals surface area contributed by atoms with E-state index in [9.17, 15) is 14.7 Å². The van der Waals surface area contributed by atoms with Gasteiger partial charge in [-0.05, 0) is 19.1 Å². The first-order valence-electron chi connectivity index (χ1n) is 8.04. The van der Waals surface area contributed by atoms with Crippen LogP contribution in [0.15, 0.2) is 24.3 Å². The maximum absolute atomic E-state index is 12.5. The molecule has 1 unspecified atom stereocenters. The van der Waals surface area contributed by atoms with Gasteiger partial charge in [0.25, 0.3) is 5.91 Å². The van der Waals surface area contributed by atoms with Gasteiger partial charge in [-0.3, -0.25) is 14.5 Å². The molecule has 0 bridgehead atoms. The third-order valence-corrected chi connectivity index (χ3v) is 4.80. The normalized spacial score (nSPS) is 27.7. The Morgan fingerprint density at radius 2 is 2.08 bits per heavy atom. The fourth-order valence-corrected chi connectivity index (χ4v) is 3.70. The summed E-state index contributed by atoms with van der Waals surface area (Å²) in [7, 11) is 0. The number of rotatable bonds is 2. The van der Waals surface area contributed by atoms with Crippen LogP contribution in [0.2, 0.25) is 0 Å². The molecule has 0 aromatic heterocycles. The summed E-state index contributed by atoms with van der Waals surface area (Å²) < 4.78 is 11.1. The van der Waals surface area contributed by atoms with E-state index in [2.05, 4.69) is 0 Å². The minimum Gasteiger partial charge on any atom is -0.482 e. The summed E-state index contributed by atoms with van der Waals surface area (Å²) in [6.45, 7) is 2.90. The lowest BCUT2D eigenvalue weighted by molar-refractivity contribution is -0.156.